The van der Waals surface area contributed by atoms with Gasteiger partial charge in [-0.3, -0.25) is 4.79 Å². The first-order chi connectivity index (χ1) is 9.48. The van der Waals surface area contributed by atoms with Crippen LogP contribution in [0.3, 0.4) is 0 Å². The number of aliphatic carboxylic acids is 1. The molecule has 3 atom stereocenters. The highest BCUT2D eigenvalue weighted by atomic mass is 16.4. The van der Waals surface area contributed by atoms with Gasteiger partial charge in [0.05, 0.1) is 0 Å². The Morgan fingerprint density at radius 2 is 2.20 bits per heavy atom. The fourth-order valence-corrected chi connectivity index (χ4v) is 3.82. The first kappa shape index (κ1) is 15.8. The van der Waals surface area contributed by atoms with Gasteiger partial charge in [-0.1, -0.05) is 20.8 Å². The summed E-state index contributed by atoms with van der Waals surface area (Å²) >= 11 is 0. The summed E-state index contributed by atoms with van der Waals surface area (Å²) in [6.07, 6.45) is 4.83. The van der Waals surface area contributed by atoms with E-state index in [9.17, 15) is 9.90 Å². The summed E-state index contributed by atoms with van der Waals surface area (Å²) in [5.41, 5.74) is -0.670. The molecule has 0 aromatic carbocycles. The van der Waals surface area contributed by atoms with E-state index in [-0.39, 0.29) is 0 Å². The van der Waals surface area contributed by atoms with Crippen molar-refractivity contribution < 1.29 is 9.90 Å². The number of carboxylic acids is 1. The van der Waals surface area contributed by atoms with Crippen molar-refractivity contribution in [1.29, 1.82) is 0 Å². The fraction of sp³-hybridized carbons (Fsp3) is 0.938. The van der Waals surface area contributed by atoms with Crippen LogP contribution in [0, 0.1) is 11.8 Å². The molecule has 0 spiro atoms. The lowest BCUT2D eigenvalue weighted by molar-refractivity contribution is -0.144. The molecule has 1 saturated heterocycles. The minimum absolute atomic E-state index is 0.458. The molecule has 4 nitrogen and oxygen atoms in total. The Morgan fingerprint density at radius 3 is 2.75 bits per heavy atom. The Balaban J connectivity index is 1.95. The first-order valence-electron chi connectivity index (χ1n) is 8.21. The highest BCUT2D eigenvalue weighted by molar-refractivity contribution is 5.79. The van der Waals surface area contributed by atoms with Crippen LogP contribution in [0.4, 0.5) is 0 Å². The van der Waals surface area contributed by atoms with E-state index in [0.717, 1.165) is 57.2 Å². The predicted molar refractivity (Wildman–Crippen MR) is 80.8 cm³/mol. The van der Waals surface area contributed by atoms with Gasteiger partial charge < -0.3 is 15.3 Å². The Morgan fingerprint density at radius 1 is 1.45 bits per heavy atom. The molecule has 1 heterocycles. The number of hydrogen-bond acceptors (Lipinski definition) is 3. The van der Waals surface area contributed by atoms with Crippen LogP contribution in [0.2, 0.25) is 0 Å². The van der Waals surface area contributed by atoms with Crippen LogP contribution in [0.15, 0.2) is 0 Å². The molecule has 2 aliphatic rings. The minimum Gasteiger partial charge on any atom is -0.480 e. The Bertz CT molecular complexity index is 345. The van der Waals surface area contributed by atoms with Crippen molar-refractivity contribution in [1.82, 2.24) is 10.2 Å². The number of nitrogens with zero attached hydrogens (tertiary/aromatic N) is 1. The maximum absolute atomic E-state index is 11.7. The van der Waals surface area contributed by atoms with E-state index in [1.54, 1.807) is 0 Å². The number of nitrogens with one attached hydrogen (secondary N) is 1. The van der Waals surface area contributed by atoms with Crippen molar-refractivity contribution in [3.63, 3.8) is 0 Å². The van der Waals surface area contributed by atoms with E-state index in [1.807, 2.05) is 0 Å². The molecule has 0 amide bonds. The third kappa shape index (κ3) is 3.17. The summed E-state index contributed by atoms with van der Waals surface area (Å²) in [6.45, 7) is 9.79. The van der Waals surface area contributed by atoms with E-state index < -0.39 is 11.5 Å². The molecule has 2 fully saturated rings. The number of carbonyl (C=O) groups is 1. The van der Waals surface area contributed by atoms with Crippen LogP contribution in [-0.4, -0.2) is 47.2 Å². The zero-order valence-corrected chi connectivity index (χ0v) is 13.2. The molecule has 3 unspecified atom stereocenters. The van der Waals surface area contributed by atoms with E-state index in [1.165, 1.54) is 6.42 Å². The average molecular weight is 282 g/mol. The molecule has 0 bridgehead atoms. The third-order valence-corrected chi connectivity index (χ3v) is 5.33. The number of hydrogen-bond donors (Lipinski definition) is 2. The zero-order valence-electron chi connectivity index (χ0n) is 13.2. The Labute approximate surface area is 122 Å². The molecule has 116 valence electrons. The summed E-state index contributed by atoms with van der Waals surface area (Å²) in [4.78, 5) is 14.2. The van der Waals surface area contributed by atoms with E-state index >= 15 is 0 Å². The summed E-state index contributed by atoms with van der Waals surface area (Å²) in [7, 11) is 0. The third-order valence-electron chi connectivity index (χ3n) is 5.33. The molecule has 1 aliphatic heterocycles. The second kappa shape index (κ2) is 6.44. The van der Waals surface area contributed by atoms with Crippen LogP contribution < -0.4 is 5.32 Å². The molecule has 0 aromatic heterocycles. The van der Waals surface area contributed by atoms with Gasteiger partial charge in [0.25, 0.3) is 0 Å². The maximum Gasteiger partial charge on any atom is 0.323 e. The van der Waals surface area contributed by atoms with Gasteiger partial charge in [-0.15, -0.1) is 0 Å². The minimum atomic E-state index is -0.670. The largest absolute Gasteiger partial charge is 0.480 e. The van der Waals surface area contributed by atoms with Crippen molar-refractivity contribution in [3.8, 4) is 0 Å². The molecule has 2 N–H and O–H groups in total. The molecular formula is C16H30N2O2. The number of likely N-dealkylation sites (tertiary alicyclic amines) is 1. The molecule has 1 aliphatic carbocycles. The lowest BCUT2D eigenvalue weighted by atomic mass is 9.95. The van der Waals surface area contributed by atoms with Gasteiger partial charge in [0.2, 0.25) is 0 Å². The highest BCUT2D eigenvalue weighted by Crippen LogP contribution is 2.36. The SMILES string of the molecule is CCCNC1(C(=O)O)CCC(N2CCC(C(C)C)C2)C1. The van der Waals surface area contributed by atoms with E-state index in [0.29, 0.717) is 6.04 Å². The summed E-state index contributed by atoms with van der Waals surface area (Å²) in [6, 6.07) is 0.458. The molecule has 20 heavy (non-hydrogen) atoms. The summed E-state index contributed by atoms with van der Waals surface area (Å²) < 4.78 is 0. The second-order valence-electron chi connectivity index (χ2n) is 7.00. The number of carboxylic acid groups (broad SMARTS) is 1. The summed E-state index contributed by atoms with van der Waals surface area (Å²) in [5.74, 6) is 0.871. The zero-order chi connectivity index (χ0) is 14.8. The summed E-state index contributed by atoms with van der Waals surface area (Å²) in [5, 5.41) is 12.9. The molecule has 2 rings (SSSR count). The predicted octanol–water partition coefficient (Wildman–Crippen LogP) is 2.34. The van der Waals surface area contributed by atoms with Crippen molar-refractivity contribution in [3.05, 3.63) is 0 Å². The first-order valence-corrected chi connectivity index (χ1v) is 8.21. The smallest absolute Gasteiger partial charge is 0.323 e. The lowest BCUT2D eigenvalue weighted by Crippen LogP contribution is -2.51. The fourth-order valence-electron chi connectivity index (χ4n) is 3.82. The molecule has 0 aromatic rings. The van der Waals surface area contributed by atoms with Crippen molar-refractivity contribution in [2.75, 3.05) is 19.6 Å². The maximum atomic E-state index is 11.7. The molecular weight excluding hydrogens is 252 g/mol. The van der Waals surface area contributed by atoms with Gasteiger partial charge in [0.15, 0.2) is 0 Å². The quantitative estimate of drug-likeness (QED) is 0.785. The second-order valence-corrected chi connectivity index (χ2v) is 7.00. The highest BCUT2D eigenvalue weighted by Gasteiger charge is 2.47. The lowest BCUT2D eigenvalue weighted by Gasteiger charge is -2.29. The van der Waals surface area contributed by atoms with Crippen LogP contribution >= 0.6 is 0 Å². The van der Waals surface area contributed by atoms with E-state index in [4.69, 9.17) is 0 Å². The van der Waals surface area contributed by atoms with Gasteiger partial charge in [0, 0.05) is 12.6 Å². The van der Waals surface area contributed by atoms with Crippen LogP contribution in [0.5, 0.6) is 0 Å². The monoisotopic (exact) mass is 282 g/mol. The van der Waals surface area contributed by atoms with Crippen LogP contribution in [0.1, 0.15) is 52.9 Å². The average Bonchev–Trinajstić information content (AvgIpc) is 3.03. The molecule has 0 radical (unpaired) electrons. The van der Waals surface area contributed by atoms with Crippen molar-refractivity contribution >= 4 is 5.97 Å². The van der Waals surface area contributed by atoms with Gasteiger partial charge >= 0.3 is 5.97 Å². The van der Waals surface area contributed by atoms with Gasteiger partial charge in [-0.2, -0.15) is 0 Å². The van der Waals surface area contributed by atoms with Crippen LogP contribution in [0.25, 0.3) is 0 Å². The standard InChI is InChI=1S/C16H30N2O2/c1-4-8-17-16(15(19)20)7-5-14(10-16)18-9-6-13(11-18)12(2)3/h12-14,17H,4-11H2,1-3H3,(H,19,20). The Hall–Kier alpha value is -0.610. The Kier molecular flexibility index (Phi) is 5.08. The van der Waals surface area contributed by atoms with Gasteiger partial charge in [-0.05, 0) is 57.0 Å². The van der Waals surface area contributed by atoms with Crippen molar-refractivity contribution in [2.45, 2.75) is 64.5 Å². The topological polar surface area (TPSA) is 52.6 Å². The normalized spacial score (nSPS) is 35.0. The van der Waals surface area contributed by atoms with Crippen molar-refractivity contribution in [2.24, 2.45) is 11.8 Å². The molecule has 1 saturated carbocycles. The number of rotatable bonds is 6. The molecule has 4 heteroatoms. The van der Waals surface area contributed by atoms with Crippen LogP contribution in [-0.2, 0) is 4.79 Å². The van der Waals surface area contributed by atoms with Gasteiger partial charge in [0.1, 0.15) is 5.54 Å². The van der Waals surface area contributed by atoms with E-state index in [2.05, 4.69) is 31.0 Å². The van der Waals surface area contributed by atoms with Gasteiger partial charge in [-0.25, -0.2) is 0 Å².